The highest BCUT2D eigenvalue weighted by Crippen LogP contribution is 2.13. The van der Waals surface area contributed by atoms with Gasteiger partial charge in [0.05, 0.1) is 0 Å². The molecule has 0 bridgehead atoms. The molecule has 2 N–H and O–H groups in total. The van der Waals surface area contributed by atoms with Gasteiger partial charge in [0.15, 0.2) is 0 Å². The maximum atomic E-state index is 12.8. The number of halogens is 1. The molecule has 0 heterocycles. The third-order valence-corrected chi connectivity index (χ3v) is 1.99. The van der Waals surface area contributed by atoms with Crippen molar-refractivity contribution >= 4 is 6.08 Å². The average Bonchev–Trinajstić information content (AvgIpc) is 2.16. The summed E-state index contributed by atoms with van der Waals surface area (Å²) in [6.07, 6.45) is 3.48. The van der Waals surface area contributed by atoms with Crippen molar-refractivity contribution in [3.05, 3.63) is 41.5 Å². The average molecular weight is 193 g/mol. The van der Waals surface area contributed by atoms with Gasteiger partial charge in [0.2, 0.25) is 0 Å². The molecule has 1 nitrogen and oxygen atoms in total. The molecule has 0 aliphatic rings. The Hall–Kier alpha value is -1.15. The minimum Gasteiger partial charge on any atom is -0.327 e. The van der Waals surface area contributed by atoms with E-state index in [-0.39, 0.29) is 0 Å². The number of alkyl halides is 1. The second-order valence-electron chi connectivity index (χ2n) is 3.32. The maximum absolute atomic E-state index is 12.8. The molecule has 0 radical (unpaired) electrons. The normalized spacial score (nSPS) is 13.4. The molecule has 1 aromatic carbocycles. The van der Waals surface area contributed by atoms with Gasteiger partial charge in [0, 0.05) is 13.0 Å². The van der Waals surface area contributed by atoms with Crippen LogP contribution in [0.1, 0.15) is 18.1 Å². The zero-order chi connectivity index (χ0) is 10.4. The first-order valence-electron chi connectivity index (χ1n) is 4.82. The topological polar surface area (TPSA) is 26.0 Å². The van der Waals surface area contributed by atoms with Gasteiger partial charge in [-0.25, -0.2) is 4.39 Å². The Morgan fingerprint density at radius 1 is 1.43 bits per heavy atom. The standard InChI is InChI=1S/C12H16FN/c1-10(13)9-12-6-3-2-5-11(12)7-4-8-14/h2-7,10H,8-9,14H2,1H3/b7-4+. The van der Waals surface area contributed by atoms with E-state index < -0.39 is 6.17 Å². The van der Waals surface area contributed by atoms with Crippen LogP contribution in [0.25, 0.3) is 6.08 Å². The van der Waals surface area contributed by atoms with Crippen molar-refractivity contribution in [3.63, 3.8) is 0 Å². The Kier molecular flexibility index (Phi) is 4.33. The fraction of sp³-hybridized carbons (Fsp3) is 0.333. The van der Waals surface area contributed by atoms with Crippen molar-refractivity contribution < 1.29 is 4.39 Å². The summed E-state index contributed by atoms with van der Waals surface area (Å²) in [6.45, 7) is 2.09. The quantitative estimate of drug-likeness (QED) is 0.781. The summed E-state index contributed by atoms with van der Waals surface area (Å²) in [7, 11) is 0. The molecular formula is C12H16FN. The van der Waals surface area contributed by atoms with Crippen LogP contribution in [0.5, 0.6) is 0 Å². The Balaban J connectivity index is 2.85. The predicted molar refractivity (Wildman–Crippen MR) is 58.8 cm³/mol. The lowest BCUT2D eigenvalue weighted by Gasteiger charge is -2.06. The predicted octanol–water partition coefficient (Wildman–Crippen LogP) is 2.56. The van der Waals surface area contributed by atoms with Crippen LogP contribution in [-0.4, -0.2) is 12.7 Å². The largest absolute Gasteiger partial charge is 0.327 e. The first-order valence-corrected chi connectivity index (χ1v) is 4.82. The lowest BCUT2D eigenvalue weighted by atomic mass is 10.0. The van der Waals surface area contributed by atoms with E-state index in [1.807, 2.05) is 36.4 Å². The first kappa shape index (κ1) is 10.9. The van der Waals surface area contributed by atoms with Crippen LogP contribution >= 0.6 is 0 Å². The van der Waals surface area contributed by atoms with Crippen molar-refractivity contribution in [3.8, 4) is 0 Å². The second kappa shape index (κ2) is 5.55. The minimum absolute atomic E-state index is 0.463. The molecule has 2 heteroatoms. The fourth-order valence-electron chi connectivity index (χ4n) is 1.38. The Bertz CT molecular complexity index is 305. The summed E-state index contributed by atoms with van der Waals surface area (Å²) < 4.78 is 12.8. The van der Waals surface area contributed by atoms with Crippen LogP contribution in [0.3, 0.4) is 0 Å². The van der Waals surface area contributed by atoms with Gasteiger partial charge in [-0.1, -0.05) is 36.4 Å². The van der Waals surface area contributed by atoms with Crippen molar-refractivity contribution in [2.45, 2.75) is 19.5 Å². The van der Waals surface area contributed by atoms with E-state index in [2.05, 4.69) is 0 Å². The highest BCUT2D eigenvalue weighted by atomic mass is 19.1. The van der Waals surface area contributed by atoms with Crippen LogP contribution < -0.4 is 5.73 Å². The Morgan fingerprint density at radius 2 is 2.14 bits per heavy atom. The van der Waals surface area contributed by atoms with E-state index in [0.717, 1.165) is 11.1 Å². The molecule has 1 aromatic rings. The number of rotatable bonds is 4. The Morgan fingerprint density at radius 3 is 2.79 bits per heavy atom. The van der Waals surface area contributed by atoms with Gasteiger partial charge in [-0.15, -0.1) is 0 Å². The number of hydrogen-bond donors (Lipinski definition) is 1. The molecule has 0 fully saturated rings. The zero-order valence-electron chi connectivity index (χ0n) is 8.41. The van der Waals surface area contributed by atoms with Crippen molar-refractivity contribution in [1.82, 2.24) is 0 Å². The summed E-state index contributed by atoms with van der Waals surface area (Å²) in [6, 6.07) is 7.80. The van der Waals surface area contributed by atoms with Gasteiger partial charge in [-0.2, -0.15) is 0 Å². The Labute approximate surface area is 84.4 Å². The molecule has 0 aromatic heterocycles. The smallest absolute Gasteiger partial charge is 0.101 e. The first-order chi connectivity index (χ1) is 6.74. The summed E-state index contributed by atoms with van der Waals surface area (Å²) in [5, 5.41) is 0. The van der Waals surface area contributed by atoms with E-state index in [0.29, 0.717) is 13.0 Å². The number of benzene rings is 1. The molecule has 1 atom stereocenters. The summed E-state index contributed by atoms with van der Waals surface area (Å²) in [5.74, 6) is 0. The van der Waals surface area contributed by atoms with Gasteiger partial charge >= 0.3 is 0 Å². The van der Waals surface area contributed by atoms with E-state index in [1.165, 1.54) is 0 Å². The van der Waals surface area contributed by atoms with E-state index in [1.54, 1.807) is 6.92 Å². The van der Waals surface area contributed by atoms with Gasteiger partial charge in [-0.3, -0.25) is 0 Å². The van der Waals surface area contributed by atoms with Crippen molar-refractivity contribution in [2.75, 3.05) is 6.54 Å². The van der Waals surface area contributed by atoms with Crippen molar-refractivity contribution in [2.24, 2.45) is 5.73 Å². The summed E-state index contributed by atoms with van der Waals surface area (Å²) in [5.41, 5.74) is 7.46. The highest BCUT2D eigenvalue weighted by Gasteiger charge is 2.03. The highest BCUT2D eigenvalue weighted by molar-refractivity contribution is 5.53. The van der Waals surface area contributed by atoms with Crippen LogP contribution in [0, 0.1) is 0 Å². The molecule has 0 aliphatic carbocycles. The van der Waals surface area contributed by atoms with Gasteiger partial charge in [0.25, 0.3) is 0 Å². The molecule has 0 aliphatic heterocycles. The summed E-state index contributed by atoms with van der Waals surface area (Å²) in [4.78, 5) is 0. The second-order valence-corrected chi connectivity index (χ2v) is 3.32. The third-order valence-electron chi connectivity index (χ3n) is 1.99. The lowest BCUT2D eigenvalue weighted by Crippen LogP contribution is -2.00. The number of hydrogen-bond acceptors (Lipinski definition) is 1. The number of nitrogens with two attached hydrogens (primary N) is 1. The van der Waals surface area contributed by atoms with Gasteiger partial charge in [0.1, 0.15) is 6.17 Å². The fourth-order valence-corrected chi connectivity index (χ4v) is 1.38. The monoisotopic (exact) mass is 193 g/mol. The van der Waals surface area contributed by atoms with Gasteiger partial charge in [-0.05, 0) is 18.1 Å². The molecule has 1 unspecified atom stereocenters. The molecule has 0 amide bonds. The van der Waals surface area contributed by atoms with Crippen LogP contribution in [0.2, 0.25) is 0 Å². The zero-order valence-corrected chi connectivity index (χ0v) is 8.41. The van der Waals surface area contributed by atoms with Crippen LogP contribution in [0.4, 0.5) is 4.39 Å². The van der Waals surface area contributed by atoms with E-state index in [4.69, 9.17) is 5.73 Å². The SMILES string of the molecule is CC(F)Cc1ccccc1/C=C/CN. The van der Waals surface area contributed by atoms with Gasteiger partial charge < -0.3 is 5.73 Å². The molecule has 76 valence electrons. The summed E-state index contributed by atoms with van der Waals surface area (Å²) >= 11 is 0. The molecule has 0 saturated carbocycles. The third kappa shape index (κ3) is 3.30. The molecule has 0 saturated heterocycles. The maximum Gasteiger partial charge on any atom is 0.101 e. The van der Waals surface area contributed by atoms with Crippen LogP contribution in [0.15, 0.2) is 30.3 Å². The molecule has 1 rings (SSSR count). The molecular weight excluding hydrogens is 177 g/mol. The lowest BCUT2D eigenvalue weighted by molar-refractivity contribution is 0.360. The van der Waals surface area contributed by atoms with E-state index >= 15 is 0 Å². The molecule has 14 heavy (non-hydrogen) atoms. The molecule has 0 spiro atoms. The van der Waals surface area contributed by atoms with Crippen molar-refractivity contribution in [1.29, 1.82) is 0 Å². The van der Waals surface area contributed by atoms with E-state index in [9.17, 15) is 4.39 Å². The minimum atomic E-state index is -0.803. The van der Waals surface area contributed by atoms with Crippen LogP contribution in [-0.2, 0) is 6.42 Å².